The first-order valence-corrected chi connectivity index (χ1v) is 21.9. The number of aliphatic hydroxyl groups is 1. The van der Waals surface area contributed by atoms with Crippen molar-refractivity contribution in [2.45, 2.75) is 75.8 Å². The molecule has 2 unspecified atom stereocenters. The van der Waals surface area contributed by atoms with Crippen molar-refractivity contribution >= 4 is 59.2 Å². The second kappa shape index (κ2) is 18.4. The Labute approximate surface area is 379 Å². The molecule has 3 N–H and O–H groups in total. The highest BCUT2D eigenvalue weighted by Crippen LogP contribution is 2.42. The van der Waals surface area contributed by atoms with Gasteiger partial charge in [-0.2, -0.15) is 12.6 Å². The standard InChI is InChI=1S/C50H55N5O8S/c1-50(2,64)16-15-47(57)54(4)35-18-30(28-62-45-24-38(34(27-56)22-43(45)60-5)51-26-36-20-32-11-7-9-13-40(32)53(36)3)17-31(19-35)29-63-46-25-39-37(23-44(46)61-6)49(59)55-41-14-10-8-12-33(41)21-42(55)48(58)52-39/h7-14,17-19,22-25,27,36,42,48,51-52,58,64H,15-16,20-21,26,28-29H2,1-6H3/t36?,42?,48-/m1/s1. The van der Waals surface area contributed by atoms with Crippen LogP contribution in [0.15, 0.2) is 91.0 Å². The first-order valence-electron chi connectivity index (χ1n) is 21.4. The molecule has 334 valence electrons. The van der Waals surface area contributed by atoms with Crippen molar-refractivity contribution in [3.05, 3.63) is 124 Å². The number of aldehydes is 1. The maximum Gasteiger partial charge on any atom is 0.260 e. The average molecular weight is 886 g/mol. The lowest BCUT2D eigenvalue weighted by Gasteiger charge is -2.26. The third-order valence-electron chi connectivity index (χ3n) is 12.3. The molecule has 0 bridgehead atoms. The normalized spacial score (nSPS) is 17.3. The van der Waals surface area contributed by atoms with Gasteiger partial charge < -0.3 is 49.4 Å². The average Bonchev–Trinajstić information content (AvgIpc) is 3.82. The van der Waals surface area contributed by atoms with Gasteiger partial charge >= 0.3 is 0 Å². The van der Waals surface area contributed by atoms with E-state index in [1.165, 1.54) is 25.5 Å². The van der Waals surface area contributed by atoms with E-state index in [4.69, 9.17) is 18.9 Å². The number of para-hydroxylation sites is 2. The van der Waals surface area contributed by atoms with Crippen molar-refractivity contribution in [1.29, 1.82) is 0 Å². The number of benzene rings is 5. The number of carbonyl (C=O) groups excluding carboxylic acids is 3. The van der Waals surface area contributed by atoms with Crippen LogP contribution >= 0.6 is 12.6 Å². The van der Waals surface area contributed by atoms with E-state index in [9.17, 15) is 19.5 Å². The number of fused-ring (bicyclic) bond motifs is 5. The van der Waals surface area contributed by atoms with E-state index < -0.39 is 12.3 Å². The molecule has 0 aliphatic carbocycles. The van der Waals surface area contributed by atoms with Gasteiger partial charge in [-0.25, -0.2) is 0 Å². The van der Waals surface area contributed by atoms with Crippen molar-refractivity contribution in [2.24, 2.45) is 0 Å². The zero-order valence-corrected chi connectivity index (χ0v) is 37.9. The van der Waals surface area contributed by atoms with Gasteiger partial charge in [-0.05, 0) is 84.0 Å². The van der Waals surface area contributed by atoms with E-state index >= 15 is 0 Å². The molecule has 64 heavy (non-hydrogen) atoms. The Hall–Kier alpha value is -6.38. The number of ether oxygens (including phenoxy) is 4. The minimum atomic E-state index is -1.04. The van der Waals surface area contributed by atoms with E-state index in [1.54, 1.807) is 41.1 Å². The summed E-state index contributed by atoms with van der Waals surface area (Å²) in [5.41, 5.74) is 8.21. The Morgan fingerprint density at radius 1 is 0.891 bits per heavy atom. The number of rotatable bonds is 16. The van der Waals surface area contributed by atoms with Gasteiger partial charge in [-0.15, -0.1) is 0 Å². The minimum absolute atomic E-state index is 0.0607. The Bertz CT molecular complexity index is 2580. The van der Waals surface area contributed by atoms with Crippen LogP contribution in [0.2, 0.25) is 0 Å². The number of amides is 2. The van der Waals surface area contributed by atoms with Crippen molar-refractivity contribution in [1.82, 2.24) is 0 Å². The molecule has 3 atom stereocenters. The predicted octanol–water partition coefficient (Wildman–Crippen LogP) is 7.91. The molecule has 14 heteroatoms. The molecule has 3 aliphatic heterocycles. The maximum absolute atomic E-state index is 14.1. The highest BCUT2D eigenvalue weighted by atomic mass is 32.1. The second-order valence-electron chi connectivity index (χ2n) is 17.3. The van der Waals surface area contributed by atoms with Crippen molar-refractivity contribution < 1.29 is 38.4 Å². The molecule has 0 radical (unpaired) electrons. The topological polar surface area (TPSA) is 142 Å². The largest absolute Gasteiger partial charge is 0.493 e. The van der Waals surface area contributed by atoms with Gasteiger partial charge in [-0.1, -0.05) is 50.2 Å². The number of nitrogens with one attached hydrogen (secondary N) is 2. The van der Waals surface area contributed by atoms with Crippen molar-refractivity contribution in [3.63, 3.8) is 0 Å². The van der Waals surface area contributed by atoms with Crippen LogP contribution in [0.3, 0.4) is 0 Å². The predicted molar refractivity (Wildman–Crippen MR) is 253 cm³/mol. The molecule has 3 aliphatic rings. The summed E-state index contributed by atoms with van der Waals surface area (Å²) < 4.78 is 24.0. The van der Waals surface area contributed by atoms with Crippen LogP contribution < -0.4 is 44.3 Å². The number of methoxy groups -OCH3 is 2. The van der Waals surface area contributed by atoms with Crippen LogP contribution in [0.5, 0.6) is 23.0 Å². The van der Waals surface area contributed by atoms with Crippen molar-refractivity contribution in [3.8, 4) is 23.0 Å². The lowest BCUT2D eigenvalue weighted by molar-refractivity contribution is -0.118. The number of thiol groups is 1. The van der Waals surface area contributed by atoms with Crippen LogP contribution in [-0.2, 0) is 30.8 Å². The molecule has 5 aromatic carbocycles. The monoisotopic (exact) mass is 885 g/mol. The van der Waals surface area contributed by atoms with E-state index in [1.807, 2.05) is 62.4 Å². The van der Waals surface area contributed by atoms with Crippen LogP contribution in [0, 0.1) is 0 Å². The van der Waals surface area contributed by atoms with Gasteiger partial charge in [0.15, 0.2) is 29.3 Å². The van der Waals surface area contributed by atoms with Gasteiger partial charge in [0.2, 0.25) is 5.91 Å². The molecule has 0 fully saturated rings. The zero-order valence-electron chi connectivity index (χ0n) is 37.0. The zero-order chi connectivity index (χ0) is 45.3. The number of nitrogens with zero attached hydrogens (tertiary/aromatic N) is 3. The van der Waals surface area contributed by atoms with E-state index in [0.29, 0.717) is 77.0 Å². The summed E-state index contributed by atoms with van der Waals surface area (Å²) >= 11 is 4.63. The second-order valence-corrected chi connectivity index (χ2v) is 18.5. The fraction of sp³-hybridized carbons (Fsp3) is 0.340. The number of hydrogen-bond acceptors (Lipinski definition) is 12. The molecule has 0 saturated heterocycles. The number of anilines is 5. The third-order valence-corrected chi connectivity index (χ3v) is 12.6. The highest BCUT2D eigenvalue weighted by molar-refractivity contribution is 7.81. The van der Waals surface area contributed by atoms with Gasteiger partial charge in [0, 0.05) is 72.3 Å². The SMILES string of the molecule is COc1cc(C=O)c(NCC2Cc3ccccc3N2C)cc1OCc1cc(COc2cc3c(cc2OC)C(=O)N2c4ccccc4CC2[C@@H](O)N3)cc(N(C)C(=O)CCC(C)(C)S)c1. The van der Waals surface area contributed by atoms with Crippen molar-refractivity contribution in [2.75, 3.05) is 60.2 Å². The summed E-state index contributed by atoms with van der Waals surface area (Å²) in [5.74, 6) is 1.21. The van der Waals surface area contributed by atoms with Gasteiger partial charge in [-0.3, -0.25) is 14.4 Å². The summed E-state index contributed by atoms with van der Waals surface area (Å²) in [6.45, 7) is 4.71. The van der Waals surface area contributed by atoms with Gasteiger partial charge in [0.05, 0.1) is 37.6 Å². The third kappa shape index (κ3) is 9.16. The summed E-state index contributed by atoms with van der Waals surface area (Å²) in [7, 11) is 6.86. The smallest absolute Gasteiger partial charge is 0.260 e. The van der Waals surface area contributed by atoms with Gasteiger partial charge in [0.1, 0.15) is 19.4 Å². The number of carbonyl (C=O) groups is 3. The summed E-state index contributed by atoms with van der Waals surface area (Å²) in [4.78, 5) is 45.4. The molecule has 0 aromatic heterocycles. The number of hydrogen-bond donors (Lipinski definition) is 4. The maximum atomic E-state index is 14.1. The molecule has 0 spiro atoms. The fourth-order valence-corrected chi connectivity index (χ4v) is 8.85. The molecule has 0 saturated carbocycles. The van der Waals surface area contributed by atoms with E-state index in [0.717, 1.165) is 35.1 Å². The highest BCUT2D eigenvalue weighted by Gasteiger charge is 2.42. The van der Waals surface area contributed by atoms with Crippen LogP contribution in [-0.4, -0.2) is 81.1 Å². The Kier molecular flexibility index (Phi) is 12.7. The lowest BCUT2D eigenvalue weighted by Crippen LogP contribution is -2.45. The molecular formula is C50H55N5O8S. The lowest BCUT2D eigenvalue weighted by atomic mass is 10.1. The van der Waals surface area contributed by atoms with E-state index in [-0.39, 0.29) is 35.8 Å². The molecule has 2 amide bonds. The first kappa shape index (κ1) is 44.2. The summed E-state index contributed by atoms with van der Waals surface area (Å²) in [5, 5.41) is 18.0. The number of likely N-dealkylation sites (N-methyl/N-ethyl adjacent to an activating group) is 1. The molecule has 8 rings (SSSR count). The number of aliphatic hydroxyl groups excluding tert-OH is 1. The Morgan fingerprint density at radius 2 is 1.52 bits per heavy atom. The summed E-state index contributed by atoms with van der Waals surface area (Å²) in [6.07, 6.45) is 2.05. The van der Waals surface area contributed by atoms with Crippen LogP contribution in [0.4, 0.5) is 28.4 Å². The Balaban J connectivity index is 1.04. The van der Waals surface area contributed by atoms with Crippen LogP contribution in [0.1, 0.15) is 69.7 Å². The fourth-order valence-electron chi connectivity index (χ4n) is 8.74. The van der Waals surface area contributed by atoms with Gasteiger partial charge in [0.25, 0.3) is 5.91 Å². The first-order chi connectivity index (χ1) is 30.7. The Morgan fingerprint density at radius 3 is 2.16 bits per heavy atom. The molecular weight excluding hydrogens is 831 g/mol. The molecule has 5 aromatic rings. The quantitative estimate of drug-likeness (QED) is 0.0568. The minimum Gasteiger partial charge on any atom is -0.493 e. The molecule has 3 heterocycles. The van der Waals surface area contributed by atoms with Crippen LogP contribution in [0.25, 0.3) is 0 Å². The molecule has 13 nitrogen and oxygen atoms in total. The van der Waals surface area contributed by atoms with E-state index in [2.05, 4.69) is 53.4 Å². The summed E-state index contributed by atoms with van der Waals surface area (Å²) in [6, 6.07) is 28.2.